The van der Waals surface area contributed by atoms with Gasteiger partial charge in [0.25, 0.3) is 0 Å². The third-order valence-corrected chi connectivity index (χ3v) is 11.6. The number of carboxylic acid groups (broad SMARTS) is 3. The molecule has 6 rings (SSSR count). The van der Waals surface area contributed by atoms with E-state index in [1.807, 2.05) is 23.0 Å². The summed E-state index contributed by atoms with van der Waals surface area (Å²) in [5, 5.41) is 35.6. The highest BCUT2D eigenvalue weighted by atomic mass is 35.5. The number of hydrogen-bond donors (Lipinski definition) is 4. The fourth-order valence-electron chi connectivity index (χ4n) is 6.73. The van der Waals surface area contributed by atoms with Crippen LogP contribution in [0, 0.1) is 25.5 Å². The Hall–Kier alpha value is -4.51. The summed E-state index contributed by atoms with van der Waals surface area (Å²) in [5.74, 6) is -2.93. The maximum atomic E-state index is 12.9. The molecule has 0 atom stereocenters. The van der Waals surface area contributed by atoms with Gasteiger partial charge in [0.1, 0.15) is 22.0 Å². The van der Waals surface area contributed by atoms with Crippen molar-refractivity contribution in [2.75, 3.05) is 75.2 Å². The van der Waals surface area contributed by atoms with Gasteiger partial charge in [0, 0.05) is 65.4 Å². The number of halogens is 6. The molecule has 4 aromatic rings. The van der Waals surface area contributed by atoms with Crippen molar-refractivity contribution in [3.63, 3.8) is 0 Å². The van der Waals surface area contributed by atoms with Crippen molar-refractivity contribution in [2.24, 2.45) is 0 Å². The van der Waals surface area contributed by atoms with E-state index in [0.717, 1.165) is 116 Å². The van der Waals surface area contributed by atoms with Gasteiger partial charge in [-0.25, -0.2) is 43.5 Å². The lowest BCUT2D eigenvalue weighted by Crippen LogP contribution is -2.47. The number of anilines is 2. The molecular weight excluding hydrogens is 916 g/mol. The molecule has 0 aromatic carbocycles. The summed E-state index contributed by atoms with van der Waals surface area (Å²) in [7, 11) is 0. The highest BCUT2D eigenvalue weighted by Crippen LogP contribution is 2.24. The first-order valence-corrected chi connectivity index (χ1v) is 21.4. The molecule has 0 unspecified atom stereocenters. The molecule has 346 valence electrons. The van der Waals surface area contributed by atoms with Crippen LogP contribution in [-0.2, 0) is 27.5 Å². The molecule has 0 bridgehead atoms. The third kappa shape index (κ3) is 15.9. The molecule has 0 radical (unpaired) electrons. The predicted molar refractivity (Wildman–Crippen MR) is 231 cm³/mol. The summed E-state index contributed by atoms with van der Waals surface area (Å²) in [6.45, 7) is 14.8. The zero-order valence-corrected chi connectivity index (χ0v) is 37.7. The Morgan fingerprint density at radius 2 is 0.905 bits per heavy atom. The summed E-state index contributed by atoms with van der Waals surface area (Å²) >= 11 is 24.2. The van der Waals surface area contributed by atoms with E-state index < -0.39 is 48.0 Å². The highest BCUT2D eigenvalue weighted by Gasteiger charge is 2.40. The lowest BCUT2D eigenvalue weighted by molar-refractivity contribution is -0.170. The quantitative estimate of drug-likeness (QED) is 0.104. The Morgan fingerprint density at radius 1 is 0.587 bits per heavy atom. The van der Waals surface area contributed by atoms with Crippen LogP contribution in [0.5, 0.6) is 0 Å². The van der Waals surface area contributed by atoms with Gasteiger partial charge in [-0.05, 0) is 52.6 Å². The molecule has 2 aliphatic heterocycles. The van der Waals surface area contributed by atoms with Crippen LogP contribution in [0.3, 0.4) is 0 Å². The van der Waals surface area contributed by atoms with E-state index in [9.17, 15) is 23.2 Å². The number of aliphatic hydroxyl groups is 1. The topological polar surface area (TPSA) is 232 Å². The monoisotopic (exact) mass is 964 g/mol. The number of unbranched alkanes of at least 4 members (excludes halogenated alkanes) is 2. The standard InChI is InChI=1S/2C16H21Cl2FN6.C6H8O7/c2*1-12-22-14(17)15(18)25(12)5-3-2-4-23-6-8-24(9-7-23)16-20-10-13(19)11-21-16;7-3(8)1-6(13,5(11)12)2-4(9)10/h2*10-11H,2-9H2,1H3;13H,1-2H2,(H,7,8)(H,9,10)(H,11,12). The number of aromatic nitrogens is 8. The van der Waals surface area contributed by atoms with Crippen molar-refractivity contribution < 1.29 is 43.6 Å². The summed E-state index contributed by atoms with van der Waals surface area (Å²) in [6, 6.07) is 0. The van der Waals surface area contributed by atoms with E-state index in [2.05, 4.69) is 49.5 Å². The smallest absolute Gasteiger partial charge is 0.336 e. The van der Waals surface area contributed by atoms with Crippen LogP contribution >= 0.6 is 46.4 Å². The Bertz CT molecular complexity index is 1960. The van der Waals surface area contributed by atoms with Crippen molar-refractivity contribution in [1.82, 2.24) is 48.8 Å². The minimum Gasteiger partial charge on any atom is -0.481 e. The number of nitrogens with zero attached hydrogens (tertiary/aromatic N) is 12. The first-order chi connectivity index (χ1) is 29.9. The summed E-state index contributed by atoms with van der Waals surface area (Å²) in [4.78, 5) is 64.0. The van der Waals surface area contributed by atoms with Crippen molar-refractivity contribution in [1.29, 1.82) is 0 Å². The van der Waals surface area contributed by atoms with Crippen LogP contribution in [-0.4, -0.2) is 158 Å². The second kappa shape index (κ2) is 24.5. The average Bonchev–Trinajstić information content (AvgIpc) is 3.63. The third-order valence-electron chi connectivity index (χ3n) is 10.1. The van der Waals surface area contributed by atoms with Crippen LogP contribution in [0.25, 0.3) is 0 Å². The largest absolute Gasteiger partial charge is 0.481 e. The van der Waals surface area contributed by atoms with Gasteiger partial charge < -0.3 is 39.4 Å². The fraction of sp³-hybridized carbons (Fsp3) is 0.553. The molecule has 19 nitrogen and oxygen atoms in total. The second-order valence-corrected chi connectivity index (χ2v) is 16.2. The number of carbonyl (C=O) groups is 3. The normalized spacial score (nSPS) is 14.7. The van der Waals surface area contributed by atoms with Gasteiger partial charge in [0.15, 0.2) is 27.5 Å². The molecule has 2 fully saturated rings. The maximum absolute atomic E-state index is 12.9. The van der Waals surface area contributed by atoms with Crippen molar-refractivity contribution >= 4 is 76.2 Å². The molecule has 63 heavy (non-hydrogen) atoms. The Balaban J connectivity index is 0.000000219. The second-order valence-electron chi connectivity index (χ2n) is 14.7. The number of aryl methyl sites for hydroxylation is 2. The van der Waals surface area contributed by atoms with E-state index in [0.29, 0.717) is 32.5 Å². The fourth-order valence-corrected chi connectivity index (χ4v) is 7.68. The molecule has 0 amide bonds. The predicted octanol–water partition coefficient (Wildman–Crippen LogP) is 4.81. The van der Waals surface area contributed by atoms with Gasteiger partial charge in [-0.15, -0.1) is 0 Å². The van der Waals surface area contributed by atoms with Gasteiger partial charge in [-0.2, -0.15) is 0 Å². The Morgan fingerprint density at radius 3 is 1.17 bits per heavy atom. The number of aliphatic carboxylic acids is 3. The van der Waals surface area contributed by atoms with Crippen molar-refractivity contribution in [2.45, 2.75) is 71.1 Å². The van der Waals surface area contributed by atoms with Gasteiger partial charge in [-0.1, -0.05) is 46.4 Å². The van der Waals surface area contributed by atoms with E-state index in [-0.39, 0.29) is 0 Å². The summed E-state index contributed by atoms with van der Waals surface area (Å²) in [6.07, 6.45) is 6.77. The summed E-state index contributed by atoms with van der Waals surface area (Å²) in [5.41, 5.74) is -2.74. The first-order valence-electron chi connectivity index (χ1n) is 19.9. The number of carboxylic acids is 3. The van der Waals surface area contributed by atoms with Crippen LogP contribution < -0.4 is 9.80 Å². The Kier molecular flexibility index (Phi) is 19.9. The van der Waals surface area contributed by atoms with Crippen LogP contribution in [0.2, 0.25) is 20.6 Å². The zero-order chi connectivity index (χ0) is 46.3. The van der Waals surface area contributed by atoms with Gasteiger partial charge >= 0.3 is 17.9 Å². The van der Waals surface area contributed by atoms with E-state index >= 15 is 0 Å². The molecule has 2 saturated heterocycles. The molecule has 6 heterocycles. The maximum Gasteiger partial charge on any atom is 0.336 e. The molecule has 0 spiro atoms. The van der Waals surface area contributed by atoms with E-state index in [1.54, 1.807) is 0 Å². The average molecular weight is 967 g/mol. The lowest BCUT2D eigenvalue weighted by atomic mass is 9.96. The highest BCUT2D eigenvalue weighted by molar-refractivity contribution is 6.41. The van der Waals surface area contributed by atoms with Crippen LogP contribution in [0.1, 0.15) is 50.2 Å². The van der Waals surface area contributed by atoms with E-state index in [1.165, 1.54) is 24.8 Å². The molecule has 0 saturated carbocycles. The lowest BCUT2D eigenvalue weighted by Gasteiger charge is -2.34. The minimum atomic E-state index is -2.74. The molecular formula is C38H50Cl4F2N12O7. The van der Waals surface area contributed by atoms with Gasteiger partial charge in [0.05, 0.1) is 37.6 Å². The molecule has 4 aromatic heterocycles. The zero-order valence-electron chi connectivity index (χ0n) is 34.7. The number of hydrogen-bond acceptors (Lipinski definition) is 14. The molecule has 2 aliphatic rings. The van der Waals surface area contributed by atoms with Crippen molar-refractivity contribution in [3.8, 4) is 0 Å². The number of imidazole rings is 2. The van der Waals surface area contributed by atoms with Gasteiger partial charge in [0.2, 0.25) is 11.9 Å². The number of piperazine rings is 2. The van der Waals surface area contributed by atoms with E-state index in [4.69, 9.17) is 66.8 Å². The van der Waals surface area contributed by atoms with Crippen LogP contribution in [0.15, 0.2) is 24.8 Å². The SMILES string of the molecule is Cc1nc(Cl)c(Cl)n1CCCCN1CCN(c2ncc(F)cn2)CC1.Cc1nc(Cl)c(Cl)n1CCCCN1CCN(c2ncc(F)cn2)CC1.O=C(O)CC(O)(CC(=O)O)C(=O)O. The Labute approximate surface area is 382 Å². The first kappa shape index (κ1) is 51.1. The molecule has 0 aliphatic carbocycles. The summed E-state index contributed by atoms with van der Waals surface area (Å²) < 4.78 is 29.7. The molecule has 25 heteroatoms. The van der Waals surface area contributed by atoms with Crippen LogP contribution in [0.4, 0.5) is 20.7 Å². The number of rotatable bonds is 17. The van der Waals surface area contributed by atoms with Crippen molar-refractivity contribution in [3.05, 3.63) is 68.7 Å². The van der Waals surface area contributed by atoms with Gasteiger partial charge in [-0.3, -0.25) is 19.4 Å². The molecule has 4 N–H and O–H groups in total. The minimum absolute atomic E-state index is 0.373.